The van der Waals surface area contributed by atoms with Gasteiger partial charge in [-0.25, -0.2) is 0 Å². The van der Waals surface area contributed by atoms with Gasteiger partial charge >= 0.3 is 11.9 Å². The molecule has 0 aromatic rings. The normalized spacial score (nSPS) is 22.1. The van der Waals surface area contributed by atoms with Gasteiger partial charge in [0.05, 0.1) is 11.8 Å². The summed E-state index contributed by atoms with van der Waals surface area (Å²) < 4.78 is 5.70. The molecule has 3 atom stereocenters. The Morgan fingerprint density at radius 1 is 1.09 bits per heavy atom. The Bertz CT molecular complexity index is 400. The molecule has 0 radical (unpaired) electrons. The maximum Gasteiger partial charge on any atom is 0.310 e. The predicted molar refractivity (Wildman–Crippen MR) is 91.1 cm³/mol. The third-order valence-electron chi connectivity index (χ3n) is 4.66. The van der Waals surface area contributed by atoms with E-state index in [4.69, 9.17) is 4.74 Å². The fourth-order valence-corrected chi connectivity index (χ4v) is 3.06. The fourth-order valence-electron chi connectivity index (χ4n) is 3.06. The summed E-state index contributed by atoms with van der Waals surface area (Å²) >= 11 is 0. The van der Waals surface area contributed by atoms with E-state index in [-0.39, 0.29) is 18.0 Å². The molecule has 0 saturated carbocycles. The summed E-state index contributed by atoms with van der Waals surface area (Å²) in [5.41, 5.74) is 0. The fraction of sp³-hybridized carbons (Fsp3) is 0.789. The van der Waals surface area contributed by atoms with Gasteiger partial charge in [0, 0.05) is 0 Å². The zero-order valence-corrected chi connectivity index (χ0v) is 14.8. The smallest absolute Gasteiger partial charge is 0.310 e. The molecule has 23 heavy (non-hydrogen) atoms. The first-order chi connectivity index (χ1) is 11.0. The standard InChI is InChI=1S/C19H32O4/c1-4-5-6-7-8-13-17(14(2)3)23-19(22)16-12-10-9-11-15(16)18(20)21/h9-10,14-17H,4-8,11-13H2,1-3H3,(H,20,21). The topological polar surface area (TPSA) is 63.6 Å². The van der Waals surface area contributed by atoms with Gasteiger partial charge in [0.15, 0.2) is 0 Å². The highest BCUT2D eigenvalue weighted by atomic mass is 16.5. The molecule has 132 valence electrons. The van der Waals surface area contributed by atoms with E-state index in [1.807, 2.05) is 12.2 Å². The minimum Gasteiger partial charge on any atom is -0.481 e. The molecule has 0 heterocycles. The molecule has 0 fully saturated rings. The van der Waals surface area contributed by atoms with Crippen molar-refractivity contribution >= 4 is 11.9 Å². The number of carbonyl (C=O) groups is 2. The van der Waals surface area contributed by atoms with Crippen LogP contribution in [-0.2, 0) is 14.3 Å². The van der Waals surface area contributed by atoms with Crippen LogP contribution in [0.5, 0.6) is 0 Å². The number of unbranched alkanes of at least 4 members (excludes halogenated alkanes) is 4. The highest BCUT2D eigenvalue weighted by Crippen LogP contribution is 2.28. The van der Waals surface area contributed by atoms with E-state index in [0.29, 0.717) is 12.8 Å². The van der Waals surface area contributed by atoms with Crippen LogP contribution in [0.25, 0.3) is 0 Å². The lowest BCUT2D eigenvalue weighted by atomic mass is 9.83. The minimum atomic E-state index is -0.906. The molecule has 0 aromatic heterocycles. The molecule has 3 unspecified atom stereocenters. The second-order valence-corrected chi connectivity index (χ2v) is 6.92. The first-order valence-electron chi connectivity index (χ1n) is 9.05. The van der Waals surface area contributed by atoms with E-state index in [0.717, 1.165) is 12.8 Å². The molecule has 0 saturated heterocycles. The number of rotatable bonds is 10. The molecular formula is C19H32O4. The van der Waals surface area contributed by atoms with Crippen molar-refractivity contribution in [2.75, 3.05) is 0 Å². The summed E-state index contributed by atoms with van der Waals surface area (Å²) in [4.78, 5) is 23.8. The Morgan fingerprint density at radius 2 is 1.70 bits per heavy atom. The maximum absolute atomic E-state index is 12.4. The van der Waals surface area contributed by atoms with E-state index in [1.54, 1.807) is 0 Å². The summed E-state index contributed by atoms with van der Waals surface area (Å²) in [5.74, 6) is -2.18. The van der Waals surface area contributed by atoms with Crippen LogP contribution in [0.4, 0.5) is 0 Å². The summed E-state index contributed by atoms with van der Waals surface area (Å²) in [6, 6.07) is 0. The van der Waals surface area contributed by atoms with Crippen molar-refractivity contribution in [3.63, 3.8) is 0 Å². The van der Waals surface area contributed by atoms with Crippen molar-refractivity contribution in [2.45, 2.75) is 78.2 Å². The molecule has 0 amide bonds. The molecule has 4 nitrogen and oxygen atoms in total. The van der Waals surface area contributed by atoms with Gasteiger partial charge < -0.3 is 9.84 Å². The van der Waals surface area contributed by atoms with Crippen molar-refractivity contribution < 1.29 is 19.4 Å². The van der Waals surface area contributed by atoms with E-state index in [1.165, 1.54) is 25.7 Å². The van der Waals surface area contributed by atoms with Crippen LogP contribution in [0, 0.1) is 17.8 Å². The second-order valence-electron chi connectivity index (χ2n) is 6.92. The molecule has 0 aromatic carbocycles. The highest BCUT2D eigenvalue weighted by Gasteiger charge is 2.36. The van der Waals surface area contributed by atoms with Crippen molar-refractivity contribution in [1.82, 2.24) is 0 Å². The number of esters is 1. The molecule has 1 N–H and O–H groups in total. The molecule has 0 bridgehead atoms. The first-order valence-corrected chi connectivity index (χ1v) is 9.05. The number of hydrogen-bond donors (Lipinski definition) is 1. The Balaban J connectivity index is 2.52. The summed E-state index contributed by atoms with van der Waals surface area (Å²) in [6.07, 6.45) is 11.3. The van der Waals surface area contributed by atoms with Crippen molar-refractivity contribution in [3.8, 4) is 0 Å². The number of aliphatic carboxylic acids is 1. The highest BCUT2D eigenvalue weighted by molar-refractivity contribution is 5.81. The van der Waals surface area contributed by atoms with Gasteiger partial charge in [0.25, 0.3) is 0 Å². The Hall–Kier alpha value is -1.32. The summed E-state index contributed by atoms with van der Waals surface area (Å²) in [5, 5.41) is 9.28. The van der Waals surface area contributed by atoms with Crippen LogP contribution in [0.1, 0.15) is 72.1 Å². The van der Waals surface area contributed by atoms with Gasteiger partial charge in [-0.3, -0.25) is 9.59 Å². The summed E-state index contributed by atoms with van der Waals surface area (Å²) in [6.45, 7) is 6.30. The molecule has 0 aliphatic heterocycles. The molecule has 4 heteroatoms. The lowest BCUT2D eigenvalue weighted by molar-refractivity contribution is -0.164. The number of ether oxygens (including phenoxy) is 1. The van der Waals surface area contributed by atoms with Gasteiger partial charge in [0.2, 0.25) is 0 Å². The summed E-state index contributed by atoms with van der Waals surface area (Å²) in [7, 11) is 0. The number of allylic oxidation sites excluding steroid dienone is 2. The van der Waals surface area contributed by atoms with Crippen LogP contribution in [0.3, 0.4) is 0 Å². The van der Waals surface area contributed by atoms with Gasteiger partial charge in [0.1, 0.15) is 6.10 Å². The van der Waals surface area contributed by atoms with E-state index < -0.39 is 17.8 Å². The molecule has 1 aliphatic carbocycles. The van der Waals surface area contributed by atoms with E-state index in [9.17, 15) is 14.7 Å². The molecule has 1 aliphatic rings. The minimum absolute atomic E-state index is 0.107. The van der Waals surface area contributed by atoms with Crippen molar-refractivity contribution in [2.24, 2.45) is 17.8 Å². The SMILES string of the molecule is CCCCCCCC(OC(=O)C1CC=CCC1C(=O)O)C(C)C. The van der Waals surface area contributed by atoms with Gasteiger partial charge in [-0.15, -0.1) is 0 Å². The maximum atomic E-state index is 12.4. The first kappa shape index (κ1) is 19.7. The van der Waals surface area contributed by atoms with E-state index >= 15 is 0 Å². The van der Waals surface area contributed by atoms with Crippen LogP contribution >= 0.6 is 0 Å². The van der Waals surface area contributed by atoms with Crippen LogP contribution in [-0.4, -0.2) is 23.1 Å². The average Bonchev–Trinajstić information content (AvgIpc) is 2.53. The largest absolute Gasteiger partial charge is 0.481 e. The third kappa shape index (κ3) is 6.76. The van der Waals surface area contributed by atoms with Crippen LogP contribution in [0.15, 0.2) is 12.2 Å². The monoisotopic (exact) mass is 324 g/mol. The zero-order chi connectivity index (χ0) is 17.2. The van der Waals surface area contributed by atoms with Crippen LogP contribution in [0.2, 0.25) is 0 Å². The average molecular weight is 324 g/mol. The number of hydrogen-bond acceptors (Lipinski definition) is 3. The number of carboxylic acid groups (broad SMARTS) is 1. The molecule has 0 spiro atoms. The Labute approximate surface area is 140 Å². The Morgan fingerprint density at radius 3 is 2.26 bits per heavy atom. The second kappa shape index (κ2) is 10.5. The van der Waals surface area contributed by atoms with Gasteiger partial charge in [-0.1, -0.05) is 58.6 Å². The van der Waals surface area contributed by atoms with Gasteiger partial charge in [-0.05, 0) is 31.6 Å². The van der Waals surface area contributed by atoms with Gasteiger partial charge in [-0.2, -0.15) is 0 Å². The van der Waals surface area contributed by atoms with Crippen molar-refractivity contribution in [1.29, 1.82) is 0 Å². The van der Waals surface area contributed by atoms with Crippen molar-refractivity contribution in [3.05, 3.63) is 12.2 Å². The molecule has 1 rings (SSSR count). The Kier molecular flexibility index (Phi) is 8.97. The predicted octanol–water partition coefficient (Wildman–Crippen LogP) is 4.58. The number of carbonyl (C=O) groups excluding carboxylic acids is 1. The quantitative estimate of drug-likeness (QED) is 0.363. The molecular weight excluding hydrogens is 292 g/mol. The third-order valence-corrected chi connectivity index (χ3v) is 4.66. The lowest BCUT2D eigenvalue weighted by Gasteiger charge is -2.28. The number of carboxylic acids is 1. The van der Waals surface area contributed by atoms with E-state index in [2.05, 4.69) is 20.8 Å². The zero-order valence-electron chi connectivity index (χ0n) is 14.8. The van der Waals surface area contributed by atoms with Crippen LogP contribution < -0.4 is 0 Å². The lowest BCUT2D eigenvalue weighted by Crippen LogP contribution is -2.35.